The fourth-order valence-corrected chi connectivity index (χ4v) is 4.54. The van der Waals surface area contributed by atoms with E-state index in [0.29, 0.717) is 25.9 Å². The molecule has 0 spiro atoms. The van der Waals surface area contributed by atoms with E-state index in [0.717, 1.165) is 22.3 Å². The molecule has 1 fully saturated rings. The van der Waals surface area contributed by atoms with Crippen LogP contribution in [-0.2, 0) is 22.4 Å². The van der Waals surface area contributed by atoms with Crippen LogP contribution in [0.15, 0.2) is 72.8 Å². The number of primary amides is 1. The van der Waals surface area contributed by atoms with Gasteiger partial charge in [-0.25, -0.2) is 4.39 Å². The van der Waals surface area contributed by atoms with Crippen molar-refractivity contribution < 1.29 is 14.0 Å². The largest absolute Gasteiger partial charge is 0.369 e. The predicted molar refractivity (Wildman–Crippen MR) is 123 cm³/mol. The highest BCUT2D eigenvalue weighted by molar-refractivity contribution is 5.85. The lowest BCUT2D eigenvalue weighted by molar-refractivity contribution is -0.131. The number of aryl methyl sites for hydroxylation is 1. The number of carbonyl (C=O) groups is 2. The smallest absolute Gasteiger partial charge is 0.227 e. The Labute approximate surface area is 187 Å². The first kappa shape index (κ1) is 21.8. The first-order valence-electron chi connectivity index (χ1n) is 10.8. The molecule has 0 unspecified atom stereocenters. The molecule has 5 heteroatoms. The second kappa shape index (κ2) is 8.95. The van der Waals surface area contributed by atoms with Gasteiger partial charge in [0.1, 0.15) is 5.82 Å². The lowest BCUT2D eigenvalue weighted by Gasteiger charge is -2.27. The fraction of sp³-hybridized carbons (Fsp3) is 0.259. The van der Waals surface area contributed by atoms with Crippen molar-refractivity contribution in [2.45, 2.75) is 26.2 Å². The van der Waals surface area contributed by atoms with Crippen LogP contribution in [0.5, 0.6) is 0 Å². The summed E-state index contributed by atoms with van der Waals surface area (Å²) in [6.07, 6.45) is 1.18. The van der Waals surface area contributed by atoms with Crippen molar-refractivity contribution in [3.8, 4) is 11.1 Å². The molecular weight excluding hydrogens is 403 g/mol. The number of likely N-dealkylation sites (tertiary alicyclic amines) is 1. The van der Waals surface area contributed by atoms with Crippen molar-refractivity contribution in [3.63, 3.8) is 0 Å². The number of nitrogens with two attached hydrogens (primary N) is 1. The standard InChI is InChI=1S/C27H27FN2O2/c1-19-5-4-7-21(15-19)24-8-3-2-6-22(24)17-27(26(29)32)13-14-30(18-27)25(31)16-20-9-11-23(28)12-10-20/h2-12,15H,13-14,16-18H2,1H3,(H2,29,32)/t27-/m0/s1. The monoisotopic (exact) mass is 430 g/mol. The number of benzene rings is 3. The summed E-state index contributed by atoms with van der Waals surface area (Å²) in [5.74, 6) is -0.789. The van der Waals surface area contributed by atoms with Gasteiger partial charge in [0.2, 0.25) is 11.8 Å². The van der Waals surface area contributed by atoms with Crippen LogP contribution in [0.1, 0.15) is 23.1 Å². The number of hydrogen-bond donors (Lipinski definition) is 1. The molecule has 1 saturated heterocycles. The molecule has 0 aliphatic carbocycles. The van der Waals surface area contributed by atoms with E-state index in [9.17, 15) is 14.0 Å². The van der Waals surface area contributed by atoms with E-state index in [1.807, 2.05) is 24.3 Å². The SMILES string of the molecule is Cc1cccc(-c2ccccc2C[C@@]2(C(N)=O)CCN(C(=O)Cc3ccc(F)cc3)C2)c1. The Bertz CT molecular complexity index is 1140. The average molecular weight is 431 g/mol. The average Bonchev–Trinajstić information content (AvgIpc) is 3.21. The number of halogens is 1. The fourth-order valence-electron chi connectivity index (χ4n) is 4.54. The maximum absolute atomic E-state index is 13.2. The van der Waals surface area contributed by atoms with E-state index in [1.165, 1.54) is 17.7 Å². The molecule has 1 aliphatic heterocycles. The molecule has 164 valence electrons. The van der Waals surface area contributed by atoms with Crippen LogP contribution in [0.4, 0.5) is 4.39 Å². The Morgan fingerprint density at radius 2 is 1.78 bits per heavy atom. The molecular formula is C27H27FN2O2. The third-order valence-electron chi connectivity index (χ3n) is 6.37. The number of amides is 2. The van der Waals surface area contributed by atoms with E-state index >= 15 is 0 Å². The van der Waals surface area contributed by atoms with Crippen molar-refractivity contribution in [1.82, 2.24) is 4.90 Å². The Morgan fingerprint density at radius 3 is 2.50 bits per heavy atom. The molecule has 2 amide bonds. The third kappa shape index (κ3) is 4.57. The number of hydrogen-bond acceptors (Lipinski definition) is 2. The van der Waals surface area contributed by atoms with Crippen LogP contribution < -0.4 is 5.73 Å². The van der Waals surface area contributed by atoms with Crippen LogP contribution in [0.3, 0.4) is 0 Å². The van der Waals surface area contributed by atoms with Crippen LogP contribution in [0, 0.1) is 18.2 Å². The lowest BCUT2D eigenvalue weighted by Crippen LogP contribution is -2.42. The minimum atomic E-state index is -0.807. The van der Waals surface area contributed by atoms with Crippen LogP contribution in [-0.4, -0.2) is 29.8 Å². The molecule has 4 nitrogen and oxygen atoms in total. The van der Waals surface area contributed by atoms with E-state index in [2.05, 4.69) is 31.2 Å². The zero-order valence-electron chi connectivity index (χ0n) is 18.2. The molecule has 1 atom stereocenters. The Balaban J connectivity index is 1.55. The molecule has 1 heterocycles. The van der Waals surface area contributed by atoms with Crippen LogP contribution in [0.25, 0.3) is 11.1 Å². The van der Waals surface area contributed by atoms with Crippen molar-refractivity contribution >= 4 is 11.8 Å². The third-order valence-corrected chi connectivity index (χ3v) is 6.37. The molecule has 32 heavy (non-hydrogen) atoms. The molecule has 0 saturated carbocycles. The van der Waals surface area contributed by atoms with Gasteiger partial charge in [-0.15, -0.1) is 0 Å². The maximum Gasteiger partial charge on any atom is 0.227 e. The second-order valence-corrected chi connectivity index (χ2v) is 8.72. The summed E-state index contributed by atoms with van der Waals surface area (Å²) in [6, 6.07) is 22.3. The topological polar surface area (TPSA) is 63.4 Å². The van der Waals surface area contributed by atoms with Crippen molar-refractivity contribution in [3.05, 3.63) is 95.3 Å². The summed E-state index contributed by atoms with van der Waals surface area (Å²) >= 11 is 0. The Kier molecular flexibility index (Phi) is 6.08. The highest BCUT2D eigenvalue weighted by atomic mass is 19.1. The summed E-state index contributed by atoms with van der Waals surface area (Å²) < 4.78 is 13.2. The van der Waals surface area contributed by atoms with Crippen molar-refractivity contribution in [2.24, 2.45) is 11.1 Å². The quantitative estimate of drug-likeness (QED) is 0.634. The first-order valence-corrected chi connectivity index (χ1v) is 10.8. The molecule has 2 N–H and O–H groups in total. The lowest BCUT2D eigenvalue weighted by atomic mass is 9.78. The minimum absolute atomic E-state index is 0.0771. The van der Waals surface area contributed by atoms with Gasteiger partial charge in [0.05, 0.1) is 11.8 Å². The van der Waals surface area contributed by atoms with Gasteiger partial charge >= 0.3 is 0 Å². The molecule has 1 aliphatic rings. The minimum Gasteiger partial charge on any atom is -0.369 e. The highest BCUT2D eigenvalue weighted by Gasteiger charge is 2.45. The molecule has 4 rings (SSSR count). The van der Waals surface area contributed by atoms with E-state index in [4.69, 9.17) is 5.73 Å². The normalized spacial score (nSPS) is 18.0. The van der Waals surface area contributed by atoms with Gasteiger partial charge in [0.15, 0.2) is 0 Å². The van der Waals surface area contributed by atoms with Gasteiger partial charge < -0.3 is 10.6 Å². The van der Waals surface area contributed by atoms with Crippen molar-refractivity contribution in [2.75, 3.05) is 13.1 Å². The number of rotatable bonds is 6. The number of carbonyl (C=O) groups excluding carboxylic acids is 2. The predicted octanol–water partition coefficient (Wildman–Crippen LogP) is 4.29. The summed E-state index contributed by atoms with van der Waals surface area (Å²) in [5, 5.41) is 0. The molecule has 0 radical (unpaired) electrons. The Morgan fingerprint density at radius 1 is 1.03 bits per heavy atom. The number of nitrogens with zero attached hydrogens (tertiary/aromatic N) is 1. The molecule has 0 aromatic heterocycles. The Hall–Kier alpha value is -3.47. The second-order valence-electron chi connectivity index (χ2n) is 8.72. The summed E-state index contributed by atoms with van der Waals surface area (Å²) in [5.41, 5.74) is 10.2. The first-order chi connectivity index (χ1) is 15.4. The van der Waals surface area contributed by atoms with Gasteiger partial charge in [-0.3, -0.25) is 9.59 Å². The van der Waals surface area contributed by atoms with Gasteiger partial charge in [-0.1, -0.05) is 66.2 Å². The van der Waals surface area contributed by atoms with Gasteiger partial charge in [-0.2, -0.15) is 0 Å². The van der Waals surface area contributed by atoms with E-state index in [-0.39, 0.29) is 24.1 Å². The molecule has 0 bridgehead atoms. The molecule has 3 aromatic rings. The highest BCUT2D eigenvalue weighted by Crippen LogP contribution is 2.37. The maximum atomic E-state index is 13.2. The zero-order chi connectivity index (χ0) is 22.7. The zero-order valence-corrected chi connectivity index (χ0v) is 18.2. The molecule has 3 aromatic carbocycles. The van der Waals surface area contributed by atoms with Crippen LogP contribution >= 0.6 is 0 Å². The van der Waals surface area contributed by atoms with Gasteiger partial charge in [0, 0.05) is 13.1 Å². The summed E-state index contributed by atoms with van der Waals surface area (Å²) in [7, 11) is 0. The van der Waals surface area contributed by atoms with Crippen LogP contribution in [0.2, 0.25) is 0 Å². The van der Waals surface area contributed by atoms with E-state index in [1.54, 1.807) is 17.0 Å². The van der Waals surface area contributed by atoms with Gasteiger partial charge in [0.25, 0.3) is 0 Å². The van der Waals surface area contributed by atoms with Gasteiger partial charge in [-0.05, 0) is 54.2 Å². The van der Waals surface area contributed by atoms with E-state index < -0.39 is 5.41 Å². The van der Waals surface area contributed by atoms with Crippen molar-refractivity contribution in [1.29, 1.82) is 0 Å². The summed E-state index contributed by atoms with van der Waals surface area (Å²) in [4.78, 5) is 27.2. The summed E-state index contributed by atoms with van der Waals surface area (Å²) in [6.45, 7) is 2.83.